The van der Waals surface area contributed by atoms with Crippen LogP contribution in [0.2, 0.25) is 0 Å². The van der Waals surface area contributed by atoms with E-state index in [1.807, 2.05) is 0 Å². The van der Waals surface area contributed by atoms with Crippen LogP contribution >= 0.6 is 0 Å². The third-order valence-electron chi connectivity index (χ3n) is 3.29. The lowest BCUT2D eigenvalue weighted by molar-refractivity contribution is -0.251. The molecule has 1 N–H and O–H groups in total. The Morgan fingerprint density at radius 3 is 1.89 bits per heavy atom. The van der Waals surface area contributed by atoms with Gasteiger partial charge in [-0.3, -0.25) is 0 Å². The molecule has 0 aromatic carbocycles. The molecule has 1 saturated heterocycles. The van der Waals surface area contributed by atoms with Crippen molar-refractivity contribution >= 4 is 0 Å². The van der Waals surface area contributed by atoms with Gasteiger partial charge < -0.3 is 28.8 Å². The maximum atomic E-state index is 9.09. The quantitative estimate of drug-likeness (QED) is 0.688. The van der Waals surface area contributed by atoms with Crippen molar-refractivity contribution in [2.45, 2.75) is 36.9 Å². The highest BCUT2D eigenvalue weighted by atomic mass is 16.6. The van der Waals surface area contributed by atoms with Crippen molar-refractivity contribution in [1.29, 1.82) is 0 Å². The molecule has 0 aromatic rings. The summed E-state index contributed by atoms with van der Waals surface area (Å²) in [4.78, 5) is 0. The van der Waals surface area contributed by atoms with Crippen molar-refractivity contribution in [3.8, 4) is 0 Å². The van der Waals surface area contributed by atoms with Gasteiger partial charge >= 0.3 is 0 Å². The van der Waals surface area contributed by atoms with Gasteiger partial charge in [0.1, 0.15) is 24.4 Å². The van der Waals surface area contributed by atoms with E-state index in [-0.39, 0.29) is 37.1 Å². The molecule has 0 aliphatic carbocycles. The molecule has 1 aliphatic rings. The van der Waals surface area contributed by atoms with E-state index < -0.39 is 0 Å². The van der Waals surface area contributed by atoms with Gasteiger partial charge in [0.15, 0.2) is 0 Å². The molecule has 1 rings (SSSR count). The summed E-state index contributed by atoms with van der Waals surface area (Å²) in [6.07, 6.45) is -0.723. The van der Waals surface area contributed by atoms with Crippen LogP contribution in [0.25, 0.3) is 0 Å². The third kappa shape index (κ3) is 3.40. The highest BCUT2D eigenvalue weighted by molar-refractivity contribution is 4.94. The minimum absolute atomic E-state index is 0.0400. The molecule has 0 saturated carbocycles. The van der Waals surface area contributed by atoms with Crippen LogP contribution in [0.15, 0.2) is 0 Å². The van der Waals surface area contributed by atoms with Crippen molar-refractivity contribution in [1.82, 2.24) is 0 Å². The number of aliphatic hydroxyl groups excluding tert-OH is 1. The lowest BCUT2D eigenvalue weighted by atomic mass is 9.93. The second kappa shape index (κ2) is 8.04. The Morgan fingerprint density at radius 2 is 1.44 bits per heavy atom. The molecule has 0 spiro atoms. The first-order valence-electron chi connectivity index (χ1n) is 6.07. The molecular weight excluding hydrogens is 240 g/mol. The summed E-state index contributed by atoms with van der Waals surface area (Å²) < 4.78 is 27.4. The number of methoxy groups -OCH3 is 4. The summed E-state index contributed by atoms with van der Waals surface area (Å²) in [6.45, 7) is 0.453. The lowest BCUT2D eigenvalue weighted by Crippen LogP contribution is -2.60. The van der Waals surface area contributed by atoms with Gasteiger partial charge in [0.25, 0.3) is 0 Å². The zero-order chi connectivity index (χ0) is 13.5. The number of aliphatic hydroxyl groups is 1. The van der Waals surface area contributed by atoms with Gasteiger partial charge in [-0.15, -0.1) is 0 Å². The van der Waals surface area contributed by atoms with Crippen molar-refractivity contribution in [3.05, 3.63) is 0 Å². The van der Waals surface area contributed by atoms with E-state index >= 15 is 0 Å². The molecule has 0 radical (unpaired) electrons. The maximum absolute atomic E-state index is 9.09. The van der Waals surface area contributed by atoms with Crippen LogP contribution in [0.3, 0.4) is 0 Å². The first-order valence-corrected chi connectivity index (χ1v) is 6.07. The maximum Gasteiger partial charge on any atom is 0.115 e. The number of rotatable bonds is 7. The van der Waals surface area contributed by atoms with Crippen LogP contribution in [0.5, 0.6) is 0 Å². The Bertz CT molecular complexity index is 205. The Hall–Kier alpha value is -0.240. The van der Waals surface area contributed by atoms with Crippen molar-refractivity contribution in [2.75, 3.05) is 41.7 Å². The smallest absolute Gasteiger partial charge is 0.115 e. The molecule has 1 aliphatic heterocycles. The van der Waals surface area contributed by atoms with Crippen LogP contribution in [0.4, 0.5) is 0 Å². The zero-order valence-electron chi connectivity index (χ0n) is 11.5. The molecule has 1 fully saturated rings. The van der Waals surface area contributed by atoms with Gasteiger partial charge in [-0.1, -0.05) is 0 Å². The number of ether oxygens (including phenoxy) is 5. The summed E-state index contributed by atoms with van der Waals surface area (Å²) >= 11 is 0. The minimum Gasteiger partial charge on any atom is -0.396 e. The topological polar surface area (TPSA) is 66.4 Å². The Balaban J connectivity index is 2.84. The fraction of sp³-hybridized carbons (Fsp3) is 1.00. The first kappa shape index (κ1) is 15.8. The van der Waals surface area contributed by atoms with E-state index in [0.29, 0.717) is 13.0 Å². The molecule has 0 aromatic heterocycles. The van der Waals surface area contributed by atoms with Crippen LogP contribution in [-0.4, -0.2) is 77.3 Å². The zero-order valence-corrected chi connectivity index (χ0v) is 11.5. The van der Waals surface area contributed by atoms with Gasteiger partial charge in [-0.05, 0) is 6.42 Å². The highest BCUT2D eigenvalue weighted by Gasteiger charge is 2.46. The van der Waals surface area contributed by atoms with Crippen molar-refractivity contribution < 1.29 is 28.8 Å². The van der Waals surface area contributed by atoms with Gasteiger partial charge in [0.2, 0.25) is 0 Å². The molecule has 6 heteroatoms. The molecule has 18 heavy (non-hydrogen) atoms. The molecule has 1 heterocycles. The molecule has 5 atom stereocenters. The molecule has 0 amide bonds. The Labute approximate surface area is 108 Å². The standard InChI is InChI=1S/C12H24O6/c1-14-7-9-11(16-3)12(17-4)10(15-2)8(18-9)5-6-13/h8-13H,5-7H2,1-4H3/t8-,9-,10-,11-,12-/m1/s1. The van der Waals surface area contributed by atoms with E-state index in [1.165, 1.54) is 0 Å². The summed E-state index contributed by atoms with van der Waals surface area (Å²) in [5, 5.41) is 9.09. The van der Waals surface area contributed by atoms with Gasteiger partial charge in [0.05, 0.1) is 12.7 Å². The first-order chi connectivity index (χ1) is 8.73. The van der Waals surface area contributed by atoms with Crippen LogP contribution in [0, 0.1) is 0 Å². The van der Waals surface area contributed by atoms with Crippen LogP contribution in [0.1, 0.15) is 6.42 Å². The van der Waals surface area contributed by atoms with E-state index in [9.17, 15) is 0 Å². The van der Waals surface area contributed by atoms with Crippen molar-refractivity contribution in [2.24, 2.45) is 0 Å². The summed E-state index contributed by atoms with van der Waals surface area (Å²) in [6, 6.07) is 0. The van der Waals surface area contributed by atoms with E-state index in [1.54, 1.807) is 28.4 Å². The molecule has 108 valence electrons. The highest BCUT2D eigenvalue weighted by Crippen LogP contribution is 2.28. The molecule has 6 nitrogen and oxygen atoms in total. The Kier molecular flexibility index (Phi) is 7.06. The summed E-state index contributed by atoms with van der Waals surface area (Å²) in [5.41, 5.74) is 0. The average Bonchev–Trinajstić information content (AvgIpc) is 2.38. The number of hydrogen-bond acceptors (Lipinski definition) is 6. The van der Waals surface area contributed by atoms with Gasteiger partial charge in [0, 0.05) is 35.0 Å². The number of hydrogen-bond donors (Lipinski definition) is 1. The molecule has 0 unspecified atom stereocenters. The fourth-order valence-corrected chi connectivity index (χ4v) is 2.49. The average molecular weight is 264 g/mol. The van der Waals surface area contributed by atoms with E-state index in [0.717, 1.165) is 0 Å². The second-order valence-electron chi connectivity index (χ2n) is 4.28. The monoisotopic (exact) mass is 264 g/mol. The molecular formula is C12H24O6. The Morgan fingerprint density at radius 1 is 0.889 bits per heavy atom. The molecule has 0 bridgehead atoms. The predicted molar refractivity (Wildman–Crippen MR) is 64.6 cm³/mol. The van der Waals surface area contributed by atoms with E-state index in [4.69, 9.17) is 28.8 Å². The minimum atomic E-state index is -0.264. The third-order valence-corrected chi connectivity index (χ3v) is 3.29. The van der Waals surface area contributed by atoms with Gasteiger partial charge in [-0.2, -0.15) is 0 Å². The van der Waals surface area contributed by atoms with E-state index in [2.05, 4.69) is 0 Å². The largest absolute Gasteiger partial charge is 0.396 e. The van der Waals surface area contributed by atoms with Gasteiger partial charge in [-0.25, -0.2) is 0 Å². The van der Waals surface area contributed by atoms with Crippen LogP contribution < -0.4 is 0 Å². The second-order valence-corrected chi connectivity index (χ2v) is 4.28. The lowest BCUT2D eigenvalue weighted by Gasteiger charge is -2.44. The summed E-state index contributed by atoms with van der Waals surface area (Å²) in [5.74, 6) is 0. The van der Waals surface area contributed by atoms with Crippen molar-refractivity contribution in [3.63, 3.8) is 0 Å². The fourth-order valence-electron chi connectivity index (χ4n) is 2.49. The normalized spacial score (nSPS) is 36.8. The van der Waals surface area contributed by atoms with Crippen LogP contribution in [-0.2, 0) is 23.7 Å². The SMILES string of the molecule is COC[C@H]1O[C@H](CCO)[C@@H](OC)[C@@H](OC)[C@@H]1OC. The predicted octanol–water partition coefficient (Wildman–Crippen LogP) is -0.172. The summed E-state index contributed by atoms with van der Waals surface area (Å²) in [7, 11) is 6.45.